The third kappa shape index (κ3) is 4.24. The van der Waals surface area contributed by atoms with Crippen molar-refractivity contribution in [3.05, 3.63) is 30.2 Å². The zero-order valence-electron chi connectivity index (χ0n) is 13.9. The molecule has 0 spiro atoms. The number of oxime groups is 1. The van der Waals surface area contributed by atoms with Crippen LogP contribution in [0.5, 0.6) is 0 Å². The summed E-state index contributed by atoms with van der Waals surface area (Å²) < 4.78 is 10.8. The molecule has 130 valence electrons. The normalized spacial score (nSPS) is 17.8. The second kappa shape index (κ2) is 8.12. The van der Waals surface area contributed by atoms with E-state index in [1.54, 1.807) is 0 Å². The number of hydrogen-bond acceptors (Lipinski definition) is 7. The van der Waals surface area contributed by atoms with E-state index in [1.807, 2.05) is 24.3 Å². The number of ether oxygens (including phenoxy) is 1. The average molecular weight is 333 g/mol. The minimum atomic E-state index is -0.589. The molecule has 2 aromatic rings. The number of likely N-dealkylation sites (tertiary alicyclic amines) is 1. The maximum atomic E-state index is 10.1. The fourth-order valence-electron chi connectivity index (χ4n) is 2.80. The van der Waals surface area contributed by atoms with Crippen molar-refractivity contribution < 1.29 is 19.1 Å². The van der Waals surface area contributed by atoms with E-state index in [0.29, 0.717) is 12.1 Å². The van der Waals surface area contributed by atoms with Gasteiger partial charge in [0.15, 0.2) is 5.58 Å². The summed E-state index contributed by atoms with van der Waals surface area (Å²) in [7, 11) is 1.47. The Balaban J connectivity index is 1.55. The molecule has 2 heterocycles. The zero-order chi connectivity index (χ0) is 16.8. The van der Waals surface area contributed by atoms with Crippen LogP contribution in [0.3, 0.4) is 0 Å². The van der Waals surface area contributed by atoms with E-state index in [2.05, 4.69) is 15.0 Å². The van der Waals surface area contributed by atoms with Gasteiger partial charge in [-0.1, -0.05) is 18.6 Å². The standard InChI is InChI=1S/C17H23N3O4/c1-22-17(16-18-14-7-3-4-8-15(14)24-16)19-23-12-13(21)11-20-9-5-2-6-10-20/h3-4,7-8,13,21H,2,5-6,9-12H2,1H3/b19-17-. The van der Waals surface area contributed by atoms with Crippen molar-refractivity contribution in [2.24, 2.45) is 5.16 Å². The minimum absolute atomic E-state index is 0.101. The van der Waals surface area contributed by atoms with E-state index in [9.17, 15) is 5.11 Å². The Morgan fingerprint density at radius 3 is 2.88 bits per heavy atom. The van der Waals surface area contributed by atoms with Crippen LogP contribution in [0.4, 0.5) is 0 Å². The highest BCUT2D eigenvalue weighted by Crippen LogP contribution is 2.15. The fourth-order valence-corrected chi connectivity index (χ4v) is 2.80. The number of nitrogens with zero attached hydrogens (tertiary/aromatic N) is 3. The molecular formula is C17H23N3O4. The maximum absolute atomic E-state index is 10.1. The van der Waals surface area contributed by atoms with Crippen LogP contribution in [-0.2, 0) is 9.57 Å². The maximum Gasteiger partial charge on any atom is 0.313 e. The summed E-state index contributed by atoms with van der Waals surface area (Å²) >= 11 is 0. The van der Waals surface area contributed by atoms with Gasteiger partial charge in [0.05, 0.1) is 7.11 Å². The van der Waals surface area contributed by atoms with Gasteiger partial charge in [0, 0.05) is 6.54 Å². The molecule has 0 amide bonds. The quantitative estimate of drug-likeness (QED) is 0.495. The number of aromatic nitrogens is 1. The monoisotopic (exact) mass is 333 g/mol. The first kappa shape index (κ1) is 16.7. The Morgan fingerprint density at radius 1 is 1.33 bits per heavy atom. The van der Waals surface area contributed by atoms with Gasteiger partial charge >= 0.3 is 5.90 Å². The molecule has 24 heavy (non-hydrogen) atoms. The van der Waals surface area contributed by atoms with E-state index in [0.717, 1.165) is 18.6 Å². The van der Waals surface area contributed by atoms with Crippen LogP contribution in [0, 0.1) is 0 Å². The highest BCUT2D eigenvalue weighted by Gasteiger charge is 2.16. The first-order valence-electron chi connectivity index (χ1n) is 8.26. The number of aliphatic hydroxyl groups is 1. The number of aliphatic hydroxyl groups excluding tert-OH is 1. The van der Waals surface area contributed by atoms with Crippen LogP contribution in [0.1, 0.15) is 25.2 Å². The molecule has 7 nitrogen and oxygen atoms in total. The number of methoxy groups -OCH3 is 1. The van der Waals surface area contributed by atoms with Gasteiger partial charge in [-0.25, -0.2) is 4.98 Å². The number of benzene rings is 1. The van der Waals surface area contributed by atoms with Crippen LogP contribution >= 0.6 is 0 Å². The molecule has 1 unspecified atom stereocenters. The molecule has 0 saturated carbocycles. The number of oxazole rings is 1. The summed E-state index contributed by atoms with van der Waals surface area (Å²) in [6.45, 7) is 2.77. The third-order valence-electron chi connectivity index (χ3n) is 4.00. The largest absolute Gasteiger partial charge is 0.475 e. The SMILES string of the molecule is CO/C(=N\OCC(O)CN1CCCCC1)c1nc2ccccc2o1. The molecule has 1 atom stereocenters. The fraction of sp³-hybridized carbons (Fsp3) is 0.529. The molecule has 3 rings (SSSR count). The topological polar surface area (TPSA) is 80.3 Å². The molecule has 1 saturated heterocycles. The van der Waals surface area contributed by atoms with Crippen molar-refractivity contribution in [1.82, 2.24) is 9.88 Å². The molecule has 1 aliphatic heterocycles. The highest BCUT2D eigenvalue weighted by atomic mass is 16.7. The van der Waals surface area contributed by atoms with E-state index < -0.39 is 6.10 Å². The van der Waals surface area contributed by atoms with Gasteiger partial charge in [-0.3, -0.25) is 0 Å². The van der Waals surface area contributed by atoms with Gasteiger partial charge in [-0.05, 0) is 43.2 Å². The molecule has 1 aromatic carbocycles. The summed E-state index contributed by atoms with van der Waals surface area (Å²) in [5.74, 6) is 0.403. The second-order valence-corrected chi connectivity index (χ2v) is 5.90. The summed E-state index contributed by atoms with van der Waals surface area (Å²) in [6.07, 6.45) is 3.07. The Bertz CT molecular complexity index is 646. The summed E-state index contributed by atoms with van der Waals surface area (Å²) in [5, 5.41) is 14.0. The van der Waals surface area contributed by atoms with Crippen LogP contribution in [0.2, 0.25) is 0 Å². The van der Waals surface area contributed by atoms with Gasteiger partial charge in [0.2, 0.25) is 0 Å². The average Bonchev–Trinajstić information content (AvgIpc) is 3.03. The Morgan fingerprint density at radius 2 is 2.12 bits per heavy atom. The minimum Gasteiger partial charge on any atom is -0.475 e. The second-order valence-electron chi connectivity index (χ2n) is 5.90. The van der Waals surface area contributed by atoms with E-state index >= 15 is 0 Å². The van der Waals surface area contributed by atoms with Crippen molar-refractivity contribution >= 4 is 17.0 Å². The number of rotatable bonds is 6. The van der Waals surface area contributed by atoms with Crippen molar-refractivity contribution in [3.63, 3.8) is 0 Å². The molecule has 0 aliphatic carbocycles. The van der Waals surface area contributed by atoms with Gasteiger partial charge in [0.1, 0.15) is 18.2 Å². The molecule has 0 radical (unpaired) electrons. The molecule has 0 bridgehead atoms. The molecule has 7 heteroatoms. The van der Waals surface area contributed by atoms with Gasteiger partial charge in [-0.2, -0.15) is 0 Å². The summed E-state index contributed by atoms with van der Waals surface area (Å²) in [4.78, 5) is 11.8. The number of β-amino-alcohol motifs (C(OH)–C–C–N with tert-alkyl or cyclic N) is 1. The van der Waals surface area contributed by atoms with Crippen molar-refractivity contribution in [2.45, 2.75) is 25.4 Å². The predicted octanol–water partition coefficient (Wildman–Crippen LogP) is 2.00. The number of piperidine rings is 1. The lowest BCUT2D eigenvalue weighted by Crippen LogP contribution is -2.38. The lowest BCUT2D eigenvalue weighted by Gasteiger charge is -2.27. The first-order valence-corrected chi connectivity index (χ1v) is 8.26. The smallest absolute Gasteiger partial charge is 0.313 e. The molecule has 1 aromatic heterocycles. The lowest BCUT2D eigenvalue weighted by atomic mass is 10.1. The van der Waals surface area contributed by atoms with Crippen LogP contribution in [-0.4, -0.2) is 60.3 Å². The van der Waals surface area contributed by atoms with Crippen LogP contribution < -0.4 is 0 Å². The third-order valence-corrected chi connectivity index (χ3v) is 4.00. The van der Waals surface area contributed by atoms with E-state index in [-0.39, 0.29) is 18.4 Å². The van der Waals surface area contributed by atoms with Gasteiger partial charge in [-0.15, -0.1) is 0 Å². The lowest BCUT2D eigenvalue weighted by molar-refractivity contribution is 0.0136. The molecule has 1 fully saturated rings. The van der Waals surface area contributed by atoms with Crippen LogP contribution in [0.25, 0.3) is 11.1 Å². The summed E-state index contributed by atoms with van der Waals surface area (Å²) in [6, 6.07) is 7.42. The number of fused-ring (bicyclic) bond motifs is 1. The first-order chi connectivity index (χ1) is 11.8. The van der Waals surface area contributed by atoms with E-state index in [4.69, 9.17) is 14.0 Å². The predicted molar refractivity (Wildman–Crippen MR) is 89.8 cm³/mol. The highest BCUT2D eigenvalue weighted by molar-refractivity contribution is 5.91. The van der Waals surface area contributed by atoms with Gasteiger partial charge in [0.25, 0.3) is 5.89 Å². The molecule has 1 aliphatic rings. The molecular weight excluding hydrogens is 310 g/mol. The zero-order valence-corrected chi connectivity index (χ0v) is 13.9. The van der Waals surface area contributed by atoms with Crippen molar-refractivity contribution in [1.29, 1.82) is 0 Å². The van der Waals surface area contributed by atoms with Crippen molar-refractivity contribution in [2.75, 3.05) is 33.4 Å². The van der Waals surface area contributed by atoms with Crippen molar-refractivity contribution in [3.8, 4) is 0 Å². The number of hydrogen-bond donors (Lipinski definition) is 1. The van der Waals surface area contributed by atoms with Crippen LogP contribution in [0.15, 0.2) is 33.8 Å². The Hall–Kier alpha value is -2.12. The Kier molecular flexibility index (Phi) is 5.66. The Labute approximate surface area is 140 Å². The molecule has 1 N–H and O–H groups in total. The van der Waals surface area contributed by atoms with Gasteiger partial charge < -0.3 is 24.0 Å². The number of para-hydroxylation sites is 2. The van der Waals surface area contributed by atoms with E-state index in [1.165, 1.54) is 26.4 Å². The summed E-state index contributed by atoms with van der Waals surface area (Å²) in [5.41, 5.74) is 1.38.